The zero-order valence-corrected chi connectivity index (χ0v) is 19.6. The van der Waals surface area contributed by atoms with E-state index in [-0.39, 0.29) is 0 Å². The molecule has 4 aromatic rings. The fourth-order valence-corrected chi connectivity index (χ4v) is 6.01. The van der Waals surface area contributed by atoms with E-state index in [0.29, 0.717) is 0 Å². The molecule has 0 bridgehead atoms. The minimum Gasteiger partial charge on any atom is -0.455 e. The van der Waals surface area contributed by atoms with Gasteiger partial charge in [0.15, 0.2) is 0 Å². The Balaban J connectivity index is 2.24. The second-order valence-corrected chi connectivity index (χ2v) is 9.72. The van der Waals surface area contributed by atoms with Crippen LogP contribution in [0, 0.1) is 69.2 Å². The molecule has 2 aromatic carbocycles. The highest BCUT2D eigenvalue weighted by atomic mass is 32.1. The van der Waals surface area contributed by atoms with E-state index in [2.05, 4.69) is 69.2 Å². The first-order valence-corrected chi connectivity index (χ1v) is 10.9. The molecule has 0 unspecified atom stereocenters. The summed E-state index contributed by atoms with van der Waals surface area (Å²) < 4.78 is 6.61. The summed E-state index contributed by atoms with van der Waals surface area (Å²) in [5, 5.41) is 2.61. The highest BCUT2D eigenvalue weighted by Crippen LogP contribution is 2.46. The van der Waals surface area contributed by atoms with Gasteiger partial charge in [-0.05, 0) is 114 Å². The summed E-state index contributed by atoms with van der Waals surface area (Å²) >= 11 is 1.92. The van der Waals surface area contributed by atoms with Gasteiger partial charge in [0.2, 0.25) is 0 Å². The maximum atomic E-state index is 6.61. The number of thiophene rings is 1. The lowest BCUT2D eigenvalue weighted by atomic mass is 9.88. The highest BCUT2D eigenvalue weighted by molar-refractivity contribution is 7.15. The summed E-state index contributed by atoms with van der Waals surface area (Å²) in [7, 11) is 0. The van der Waals surface area contributed by atoms with Crippen LogP contribution < -0.4 is 0 Å². The van der Waals surface area contributed by atoms with E-state index in [1.807, 2.05) is 11.3 Å². The fourth-order valence-electron chi connectivity index (χ4n) is 4.68. The third-order valence-electron chi connectivity index (χ3n) is 7.25. The lowest BCUT2D eigenvalue weighted by Gasteiger charge is -2.15. The minimum atomic E-state index is 1.06. The monoisotopic (exact) mass is 390 g/mol. The zero-order chi connectivity index (χ0) is 20.7. The van der Waals surface area contributed by atoms with Crippen LogP contribution in [0.1, 0.15) is 54.9 Å². The highest BCUT2D eigenvalue weighted by Gasteiger charge is 2.24. The number of hydrogen-bond donors (Lipinski definition) is 0. The van der Waals surface area contributed by atoms with Crippen molar-refractivity contribution in [1.29, 1.82) is 0 Å². The minimum absolute atomic E-state index is 1.06. The number of furan rings is 1. The molecule has 28 heavy (non-hydrogen) atoms. The zero-order valence-electron chi connectivity index (χ0n) is 18.8. The van der Waals surface area contributed by atoms with Crippen molar-refractivity contribution in [1.82, 2.24) is 0 Å². The average Bonchev–Trinajstić information content (AvgIpc) is 3.18. The summed E-state index contributed by atoms with van der Waals surface area (Å²) in [6.07, 6.45) is 0. The van der Waals surface area contributed by atoms with Gasteiger partial charge in [0.25, 0.3) is 0 Å². The molecule has 0 radical (unpaired) electrons. The molecule has 2 aromatic heterocycles. The van der Waals surface area contributed by atoms with E-state index in [1.54, 1.807) is 0 Å². The van der Waals surface area contributed by atoms with Crippen LogP contribution in [0.3, 0.4) is 0 Å². The standard InChI is InChI=1S/C26H30OS/c1-11-12(2)17(7)24-22(14(11)4)23-16(6)15(5)21(19(9)25(23)27-24)26-18(8)13(3)20(10)28-26/h1-10H3. The van der Waals surface area contributed by atoms with Crippen LogP contribution in [0.25, 0.3) is 32.4 Å². The van der Waals surface area contributed by atoms with E-state index in [1.165, 1.54) is 76.2 Å². The molecule has 1 nitrogen and oxygen atoms in total. The Labute approximate surface area is 172 Å². The van der Waals surface area contributed by atoms with E-state index >= 15 is 0 Å². The molecule has 2 heteroatoms. The topological polar surface area (TPSA) is 13.1 Å². The van der Waals surface area contributed by atoms with Crippen LogP contribution in [0.2, 0.25) is 0 Å². The second-order valence-electron chi connectivity index (χ2n) is 8.50. The maximum absolute atomic E-state index is 6.61. The summed E-state index contributed by atoms with van der Waals surface area (Å²) in [5.74, 6) is 0. The van der Waals surface area contributed by atoms with Gasteiger partial charge in [0.05, 0.1) is 0 Å². The maximum Gasteiger partial charge on any atom is 0.139 e. The van der Waals surface area contributed by atoms with Crippen molar-refractivity contribution in [3.05, 3.63) is 54.9 Å². The molecule has 0 saturated carbocycles. The van der Waals surface area contributed by atoms with Gasteiger partial charge in [0, 0.05) is 31.7 Å². The van der Waals surface area contributed by atoms with Crippen LogP contribution in [0.5, 0.6) is 0 Å². The summed E-state index contributed by atoms with van der Waals surface area (Å²) in [6.45, 7) is 22.4. The fraction of sp³-hybridized carbons (Fsp3) is 0.385. The summed E-state index contributed by atoms with van der Waals surface area (Å²) in [4.78, 5) is 2.81. The van der Waals surface area contributed by atoms with E-state index in [0.717, 1.165) is 11.2 Å². The Kier molecular flexibility index (Phi) is 4.28. The Morgan fingerprint density at radius 1 is 0.464 bits per heavy atom. The van der Waals surface area contributed by atoms with Crippen LogP contribution >= 0.6 is 11.3 Å². The molecule has 0 saturated heterocycles. The normalized spacial score (nSPS) is 11.9. The Morgan fingerprint density at radius 2 is 0.964 bits per heavy atom. The second kappa shape index (κ2) is 6.22. The molecule has 0 N–H and O–H groups in total. The van der Waals surface area contributed by atoms with Crippen LogP contribution in [-0.4, -0.2) is 0 Å². The molecule has 0 aliphatic rings. The molecular weight excluding hydrogens is 360 g/mol. The molecule has 0 aliphatic carbocycles. The number of aryl methyl sites for hydroxylation is 5. The predicted molar refractivity (Wildman–Crippen MR) is 124 cm³/mol. The molecule has 2 heterocycles. The first-order chi connectivity index (χ1) is 13.1. The first kappa shape index (κ1) is 19.3. The Bertz CT molecular complexity index is 1290. The number of rotatable bonds is 1. The van der Waals surface area contributed by atoms with Crippen LogP contribution in [0.15, 0.2) is 4.42 Å². The van der Waals surface area contributed by atoms with E-state index in [4.69, 9.17) is 4.42 Å². The van der Waals surface area contributed by atoms with Gasteiger partial charge in [-0.15, -0.1) is 11.3 Å². The van der Waals surface area contributed by atoms with Crippen molar-refractivity contribution in [2.24, 2.45) is 0 Å². The van der Waals surface area contributed by atoms with Crippen molar-refractivity contribution >= 4 is 33.3 Å². The lowest BCUT2D eigenvalue weighted by molar-refractivity contribution is 0.661. The van der Waals surface area contributed by atoms with Crippen molar-refractivity contribution in [3.8, 4) is 10.4 Å². The summed E-state index contributed by atoms with van der Waals surface area (Å²) in [6, 6.07) is 0. The lowest BCUT2D eigenvalue weighted by Crippen LogP contribution is -1.95. The van der Waals surface area contributed by atoms with Gasteiger partial charge in [-0.3, -0.25) is 0 Å². The van der Waals surface area contributed by atoms with Gasteiger partial charge in [-0.1, -0.05) is 0 Å². The molecule has 0 amide bonds. The average molecular weight is 391 g/mol. The summed E-state index contributed by atoms with van der Waals surface area (Å²) in [5.41, 5.74) is 15.7. The predicted octanol–water partition coefficient (Wildman–Crippen LogP) is 8.40. The third-order valence-corrected chi connectivity index (χ3v) is 8.58. The molecule has 0 atom stereocenters. The molecular formula is C26H30OS. The molecule has 4 rings (SSSR count). The number of hydrogen-bond acceptors (Lipinski definition) is 2. The van der Waals surface area contributed by atoms with Crippen LogP contribution in [-0.2, 0) is 0 Å². The molecule has 0 fully saturated rings. The van der Waals surface area contributed by atoms with Gasteiger partial charge in [0.1, 0.15) is 11.2 Å². The van der Waals surface area contributed by atoms with Crippen molar-refractivity contribution in [2.45, 2.75) is 69.2 Å². The van der Waals surface area contributed by atoms with Crippen molar-refractivity contribution in [3.63, 3.8) is 0 Å². The van der Waals surface area contributed by atoms with Crippen molar-refractivity contribution in [2.75, 3.05) is 0 Å². The van der Waals surface area contributed by atoms with E-state index < -0.39 is 0 Å². The quantitative estimate of drug-likeness (QED) is 0.318. The SMILES string of the molecule is Cc1sc(-c2c(C)c(C)c3c(oc4c(C)c(C)c(C)c(C)c43)c2C)c(C)c1C. The first-order valence-electron chi connectivity index (χ1n) is 10.1. The van der Waals surface area contributed by atoms with Crippen molar-refractivity contribution < 1.29 is 4.42 Å². The Hall–Kier alpha value is -2.06. The molecule has 146 valence electrons. The van der Waals surface area contributed by atoms with Gasteiger partial charge < -0.3 is 4.42 Å². The largest absolute Gasteiger partial charge is 0.455 e. The molecule has 0 spiro atoms. The number of benzene rings is 2. The van der Waals surface area contributed by atoms with Gasteiger partial charge >= 0.3 is 0 Å². The van der Waals surface area contributed by atoms with E-state index in [9.17, 15) is 0 Å². The molecule has 0 aliphatic heterocycles. The number of fused-ring (bicyclic) bond motifs is 3. The Morgan fingerprint density at radius 3 is 1.50 bits per heavy atom. The third kappa shape index (κ3) is 2.30. The van der Waals surface area contributed by atoms with Gasteiger partial charge in [-0.25, -0.2) is 0 Å². The smallest absolute Gasteiger partial charge is 0.139 e. The van der Waals surface area contributed by atoms with Gasteiger partial charge in [-0.2, -0.15) is 0 Å². The van der Waals surface area contributed by atoms with Crippen LogP contribution in [0.4, 0.5) is 0 Å².